The number of sulfonamides is 1. The summed E-state index contributed by atoms with van der Waals surface area (Å²) in [5.41, 5.74) is 11.7. The first-order valence-corrected chi connectivity index (χ1v) is 11.5. The Morgan fingerprint density at radius 3 is 2.59 bits per heavy atom. The lowest BCUT2D eigenvalue weighted by Crippen LogP contribution is -2.41. The molecule has 2 atom stereocenters. The van der Waals surface area contributed by atoms with E-state index >= 15 is 0 Å². The van der Waals surface area contributed by atoms with Gasteiger partial charge in [0.2, 0.25) is 5.88 Å². The van der Waals surface area contributed by atoms with Gasteiger partial charge in [-0.15, -0.1) is 0 Å². The molecule has 2 aromatic rings. The highest BCUT2D eigenvalue weighted by molar-refractivity contribution is 7.89. The lowest BCUT2D eigenvalue weighted by molar-refractivity contribution is 0.190. The molecular weight excluding hydrogens is 394 g/mol. The zero-order valence-corrected chi connectivity index (χ0v) is 16.8. The maximum atomic E-state index is 12.8. The summed E-state index contributed by atoms with van der Waals surface area (Å²) >= 11 is 0. The van der Waals surface area contributed by atoms with Crippen LogP contribution in [-0.2, 0) is 42.3 Å². The normalized spacial score (nSPS) is 21.2. The number of ether oxygens (including phenoxy) is 1. The van der Waals surface area contributed by atoms with Crippen molar-refractivity contribution in [2.24, 2.45) is 5.73 Å². The molecule has 0 bridgehead atoms. The number of aliphatic hydroxyl groups is 1. The Hall–Kier alpha value is -2.14. The van der Waals surface area contributed by atoms with Crippen molar-refractivity contribution in [3.05, 3.63) is 34.5 Å². The molecular formula is C19H25N5O4S. The molecule has 1 aliphatic heterocycles. The topological polar surface area (TPSA) is 132 Å². The maximum Gasteiger partial charge on any atom is 0.251 e. The van der Waals surface area contributed by atoms with E-state index in [1.807, 2.05) is 0 Å². The number of fused-ring (bicyclic) bond motifs is 3. The van der Waals surface area contributed by atoms with Gasteiger partial charge in [-0.1, -0.05) is 6.07 Å². The zero-order valence-electron chi connectivity index (χ0n) is 16.0. The van der Waals surface area contributed by atoms with E-state index in [1.165, 1.54) is 33.1 Å². The van der Waals surface area contributed by atoms with Crippen LogP contribution < -0.4 is 20.5 Å². The Morgan fingerprint density at radius 2 is 1.90 bits per heavy atom. The van der Waals surface area contributed by atoms with Crippen LogP contribution in [0.5, 0.6) is 5.88 Å². The Morgan fingerprint density at radius 1 is 1.21 bits per heavy atom. The van der Waals surface area contributed by atoms with Crippen molar-refractivity contribution in [1.82, 2.24) is 14.5 Å². The van der Waals surface area contributed by atoms with Crippen LogP contribution in [-0.4, -0.2) is 42.3 Å². The van der Waals surface area contributed by atoms with Crippen molar-refractivity contribution in [3.8, 4) is 5.88 Å². The molecule has 3 aliphatic rings. The molecule has 5 rings (SSSR count). The van der Waals surface area contributed by atoms with Gasteiger partial charge in [-0.25, -0.2) is 13.1 Å². The third kappa shape index (κ3) is 3.29. The summed E-state index contributed by atoms with van der Waals surface area (Å²) < 4.78 is 34.9. The standard InChI is InChI=1S/C19H25N5O4S/c20-13-9-24-18(28-10-13)16(8-21-24)29(26,27)23-19(25)22-17-14-5-1-3-11(14)7-12-4-2-6-15(12)17/h7-8,13,19,22-23,25H,1-6,9-10,20H2. The highest BCUT2D eigenvalue weighted by Crippen LogP contribution is 2.38. The van der Waals surface area contributed by atoms with Crippen LogP contribution in [0.2, 0.25) is 0 Å². The van der Waals surface area contributed by atoms with Gasteiger partial charge in [0.15, 0.2) is 11.2 Å². The predicted octanol–water partition coefficient (Wildman–Crippen LogP) is 0.247. The fourth-order valence-electron chi connectivity index (χ4n) is 4.64. The molecule has 10 heteroatoms. The van der Waals surface area contributed by atoms with Crippen LogP contribution in [0.3, 0.4) is 0 Å². The highest BCUT2D eigenvalue weighted by atomic mass is 32.2. The van der Waals surface area contributed by atoms with Crippen LogP contribution in [0.25, 0.3) is 0 Å². The summed E-state index contributed by atoms with van der Waals surface area (Å²) in [7, 11) is -4.04. The molecule has 156 valence electrons. The molecule has 2 unspecified atom stereocenters. The number of nitrogens with two attached hydrogens (primary N) is 1. The van der Waals surface area contributed by atoms with Crippen molar-refractivity contribution < 1.29 is 18.3 Å². The number of benzene rings is 1. The molecule has 29 heavy (non-hydrogen) atoms. The maximum absolute atomic E-state index is 12.8. The number of hydrogen-bond donors (Lipinski definition) is 4. The monoisotopic (exact) mass is 419 g/mol. The molecule has 1 aromatic heterocycles. The molecule has 0 amide bonds. The quantitative estimate of drug-likeness (QED) is 0.511. The molecule has 0 spiro atoms. The van der Waals surface area contributed by atoms with Crippen molar-refractivity contribution in [2.45, 2.75) is 62.4 Å². The summed E-state index contributed by atoms with van der Waals surface area (Å²) in [6.45, 7) is 0.602. The smallest absolute Gasteiger partial charge is 0.251 e. The van der Waals surface area contributed by atoms with E-state index < -0.39 is 16.4 Å². The first kappa shape index (κ1) is 18.9. The molecule has 9 nitrogen and oxygen atoms in total. The number of nitrogens with zero attached hydrogens (tertiary/aromatic N) is 2. The molecule has 1 aromatic carbocycles. The first-order valence-electron chi connectivity index (χ1n) is 10.00. The van der Waals surface area contributed by atoms with Gasteiger partial charge in [-0.2, -0.15) is 9.82 Å². The van der Waals surface area contributed by atoms with Crippen molar-refractivity contribution in [2.75, 3.05) is 11.9 Å². The summed E-state index contributed by atoms with van der Waals surface area (Å²) in [5, 5.41) is 17.6. The first-order chi connectivity index (χ1) is 13.9. The van der Waals surface area contributed by atoms with Crippen LogP contribution in [0, 0.1) is 0 Å². The Bertz CT molecular complexity index is 1030. The van der Waals surface area contributed by atoms with Gasteiger partial charge in [-0.05, 0) is 60.8 Å². The number of rotatable bonds is 5. The van der Waals surface area contributed by atoms with Crippen molar-refractivity contribution in [1.29, 1.82) is 0 Å². The van der Waals surface area contributed by atoms with E-state index in [-0.39, 0.29) is 23.4 Å². The summed E-state index contributed by atoms with van der Waals surface area (Å²) in [6, 6.07) is 2.05. The van der Waals surface area contributed by atoms with Gasteiger partial charge in [0.25, 0.3) is 10.0 Å². The summed E-state index contributed by atoms with van der Waals surface area (Å²) in [6.07, 6.45) is 5.86. The number of aromatic nitrogens is 2. The van der Waals surface area contributed by atoms with Gasteiger partial charge in [-0.3, -0.25) is 0 Å². The van der Waals surface area contributed by atoms with Gasteiger partial charge in [0, 0.05) is 5.69 Å². The fraction of sp³-hybridized carbons (Fsp3) is 0.526. The molecule has 0 saturated heterocycles. The van der Waals surface area contributed by atoms with Crippen LogP contribution >= 0.6 is 0 Å². The second-order valence-corrected chi connectivity index (χ2v) is 9.65. The number of anilines is 1. The fourth-order valence-corrected chi connectivity index (χ4v) is 5.70. The molecule has 0 fully saturated rings. The van der Waals surface area contributed by atoms with Gasteiger partial charge in [0.05, 0.1) is 18.8 Å². The summed E-state index contributed by atoms with van der Waals surface area (Å²) in [5.74, 6) is 0.146. The van der Waals surface area contributed by atoms with E-state index in [9.17, 15) is 13.5 Å². The van der Waals surface area contributed by atoms with Gasteiger partial charge < -0.3 is 20.9 Å². The lowest BCUT2D eigenvalue weighted by Gasteiger charge is -2.23. The van der Waals surface area contributed by atoms with E-state index in [0.29, 0.717) is 6.54 Å². The zero-order chi connectivity index (χ0) is 20.2. The number of nitrogens with one attached hydrogen (secondary N) is 2. The van der Waals surface area contributed by atoms with Gasteiger partial charge in [0.1, 0.15) is 6.61 Å². The Labute approximate surface area is 169 Å². The second kappa shape index (κ2) is 6.98. The third-order valence-corrected chi connectivity index (χ3v) is 7.30. The van der Waals surface area contributed by atoms with E-state index in [2.05, 4.69) is 21.2 Å². The van der Waals surface area contributed by atoms with E-state index in [0.717, 1.165) is 44.2 Å². The number of aryl methyl sites for hydroxylation is 2. The number of hydrogen-bond acceptors (Lipinski definition) is 7. The minimum absolute atomic E-state index is 0.103. The van der Waals surface area contributed by atoms with E-state index in [4.69, 9.17) is 10.5 Å². The van der Waals surface area contributed by atoms with Crippen LogP contribution in [0.15, 0.2) is 17.2 Å². The lowest BCUT2D eigenvalue weighted by atomic mass is 9.99. The minimum Gasteiger partial charge on any atom is -0.475 e. The Kier molecular flexibility index (Phi) is 4.54. The summed E-state index contributed by atoms with van der Waals surface area (Å²) in [4.78, 5) is -0.103. The van der Waals surface area contributed by atoms with Gasteiger partial charge >= 0.3 is 0 Å². The highest BCUT2D eigenvalue weighted by Gasteiger charge is 2.31. The predicted molar refractivity (Wildman–Crippen MR) is 106 cm³/mol. The molecule has 2 heterocycles. The van der Waals surface area contributed by atoms with Crippen LogP contribution in [0.4, 0.5) is 5.69 Å². The third-order valence-electron chi connectivity index (χ3n) is 5.91. The molecule has 5 N–H and O–H groups in total. The average molecular weight is 420 g/mol. The largest absolute Gasteiger partial charge is 0.475 e. The average Bonchev–Trinajstić information content (AvgIpc) is 3.39. The molecule has 0 saturated carbocycles. The molecule has 2 aliphatic carbocycles. The Balaban J connectivity index is 1.39. The van der Waals surface area contributed by atoms with Crippen LogP contribution in [0.1, 0.15) is 35.1 Å². The molecule has 0 radical (unpaired) electrons. The van der Waals surface area contributed by atoms with Crippen molar-refractivity contribution in [3.63, 3.8) is 0 Å². The minimum atomic E-state index is -4.04. The second-order valence-electron chi connectivity index (χ2n) is 7.97. The van der Waals surface area contributed by atoms with Crippen molar-refractivity contribution >= 4 is 15.7 Å². The SMILES string of the molecule is NC1COc2c(S(=O)(=O)NC(O)Nc3c4c(cc5c3CCC5)CCC4)cnn2C1. The van der Waals surface area contributed by atoms with E-state index in [1.54, 1.807) is 0 Å². The number of aliphatic hydroxyl groups excluding tert-OH is 1.